The summed E-state index contributed by atoms with van der Waals surface area (Å²) >= 11 is 9.40. The van der Waals surface area contributed by atoms with Gasteiger partial charge in [-0.1, -0.05) is 27.5 Å². The number of amides is 1. The van der Waals surface area contributed by atoms with Crippen LogP contribution in [-0.4, -0.2) is 18.9 Å². The van der Waals surface area contributed by atoms with Gasteiger partial charge in [-0.15, -0.1) is 0 Å². The summed E-state index contributed by atoms with van der Waals surface area (Å²) in [5, 5.41) is 0.171. The summed E-state index contributed by atoms with van der Waals surface area (Å²) in [5.74, 6) is -0.785. The second kappa shape index (κ2) is 7.50. The van der Waals surface area contributed by atoms with Gasteiger partial charge in [0.15, 0.2) is 0 Å². The first kappa shape index (κ1) is 19.7. The van der Waals surface area contributed by atoms with Crippen LogP contribution in [0.25, 0.3) is 5.69 Å². The Balaban J connectivity index is 1.95. The van der Waals surface area contributed by atoms with Gasteiger partial charge in [0.05, 0.1) is 15.5 Å². The lowest BCUT2D eigenvalue weighted by Crippen LogP contribution is -2.30. The fourth-order valence-corrected chi connectivity index (χ4v) is 4.19. The third-order valence-electron chi connectivity index (χ3n) is 4.07. The molecule has 3 rings (SSSR count). The topological polar surface area (TPSA) is 68.2 Å². The van der Waals surface area contributed by atoms with E-state index >= 15 is 0 Å². The van der Waals surface area contributed by atoms with Crippen LogP contribution in [0.4, 0.5) is 0 Å². The van der Waals surface area contributed by atoms with Gasteiger partial charge in [0.2, 0.25) is 0 Å². The molecule has 0 fully saturated rings. The average Bonchev–Trinajstić information content (AvgIpc) is 2.94. The maximum Gasteiger partial charge on any atom is 0.266 e. The van der Waals surface area contributed by atoms with Crippen molar-refractivity contribution >= 4 is 43.5 Å². The Morgan fingerprint density at radius 2 is 1.59 bits per heavy atom. The van der Waals surface area contributed by atoms with Crippen LogP contribution in [0.5, 0.6) is 0 Å². The highest BCUT2D eigenvalue weighted by molar-refractivity contribution is 9.10. The first-order valence-corrected chi connectivity index (χ1v) is 10.6. The predicted molar refractivity (Wildman–Crippen MR) is 109 cm³/mol. The Morgan fingerprint density at radius 3 is 2.19 bits per heavy atom. The fraction of sp³-hybridized carbons (Fsp3) is 0.105. The normalized spacial score (nSPS) is 11.4. The minimum Gasteiger partial charge on any atom is -0.318 e. The quantitative estimate of drug-likeness (QED) is 0.608. The first-order valence-electron chi connectivity index (χ1n) is 7.96. The number of carbonyl (C=O) groups excluding carboxylic acids is 1. The molecule has 1 heterocycles. The Kier molecular flexibility index (Phi) is 5.46. The molecule has 0 radical (unpaired) electrons. The largest absolute Gasteiger partial charge is 0.318 e. The van der Waals surface area contributed by atoms with Crippen molar-refractivity contribution in [3.63, 3.8) is 0 Å². The van der Waals surface area contributed by atoms with Crippen molar-refractivity contribution in [3.8, 4) is 5.69 Å². The number of halogens is 2. The maximum absolute atomic E-state index is 12.6. The molecule has 1 N–H and O–H groups in total. The summed E-state index contributed by atoms with van der Waals surface area (Å²) in [7, 11) is -4.01. The van der Waals surface area contributed by atoms with E-state index in [0.717, 1.165) is 21.5 Å². The van der Waals surface area contributed by atoms with E-state index in [1.165, 1.54) is 12.1 Å². The van der Waals surface area contributed by atoms with E-state index in [1.54, 1.807) is 30.3 Å². The van der Waals surface area contributed by atoms with E-state index in [9.17, 15) is 13.2 Å². The predicted octanol–water partition coefficient (Wildman–Crippen LogP) is 4.63. The highest BCUT2D eigenvalue weighted by Gasteiger charge is 2.21. The average molecular weight is 468 g/mol. The molecule has 0 atom stereocenters. The van der Waals surface area contributed by atoms with Gasteiger partial charge in [0, 0.05) is 21.5 Å². The summed E-state index contributed by atoms with van der Waals surface area (Å²) in [5.41, 5.74) is 2.79. The number of carbonyl (C=O) groups is 1. The van der Waals surface area contributed by atoms with Crippen molar-refractivity contribution in [2.45, 2.75) is 18.7 Å². The summed E-state index contributed by atoms with van der Waals surface area (Å²) in [6.45, 7) is 3.89. The zero-order chi connectivity index (χ0) is 19.8. The molecule has 0 aliphatic carbocycles. The van der Waals surface area contributed by atoms with Crippen molar-refractivity contribution in [1.82, 2.24) is 9.29 Å². The van der Waals surface area contributed by atoms with Gasteiger partial charge in [-0.3, -0.25) is 4.79 Å². The van der Waals surface area contributed by atoms with Crippen molar-refractivity contribution in [3.05, 3.63) is 81.0 Å². The van der Waals surface area contributed by atoms with Crippen LogP contribution in [0, 0.1) is 13.8 Å². The number of aromatic nitrogens is 1. The lowest BCUT2D eigenvalue weighted by Gasteiger charge is -2.13. The Hall–Kier alpha value is -2.09. The monoisotopic (exact) mass is 466 g/mol. The minimum absolute atomic E-state index is 0.0107. The SMILES string of the molecule is Cc1ccc(C)n1-c1ccc(Cl)c(C(=O)NS(=O)(=O)c2ccc(Br)cc2)c1. The van der Waals surface area contributed by atoms with E-state index in [-0.39, 0.29) is 15.5 Å². The molecule has 0 saturated carbocycles. The van der Waals surface area contributed by atoms with Crippen molar-refractivity contribution in [2.75, 3.05) is 0 Å². The second-order valence-corrected chi connectivity index (χ2v) is 9.01. The van der Waals surface area contributed by atoms with Crippen LogP contribution in [0.3, 0.4) is 0 Å². The molecule has 5 nitrogen and oxygen atoms in total. The van der Waals surface area contributed by atoms with Crippen molar-refractivity contribution in [1.29, 1.82) is 0 Å². The standard InChI is InChI=1S/C19H16BrClN2O3S/c1-12-3-4-13(2)23(12)15-7-10-18(21)17(11-15)19(24)22-27(25,26)16-8-5-14(20)6-9-16/h3-11H,1-2H3,(H,22,24). The van der Waals surface area contributed by atoms with Gasteiger partial charge in [0.1, 0.15) is 0 Å². The number of nitrogens with zero attached hydrogens (tertiary/aromatic N) is 1. The van der Waals surface area contributed by atoms with Gasteiger partial charge in [-0.2, -0.15) is 0 Å². The van der Waals surface area contributed by atoms with Crippen LogP contribution in [0.2, 0.25) is 5.02 Å². The molecular weight excluding hydrogens is 452 g/mol. The van der Waals surface area contributed by atoms with Gasteiger partial charge in [-0.25, -0.2) is 13.1 Å². The molecule has 140 valence electrons. The lowest BCUT2D eigenvalue weighted by atomic mass is 10.2. The minimum atomic E-state index is -4.01. The number of benzene rings is 2. The number of nitrogens with one attached hydrogen (secondary N) is 1. The van der Waals surface area contributed by atoms with Gasteiger partial charge < -0.3 is 4.57 Å². The third kappa shape index (κ3) is 4.10. The van der Waals surface area contributed by atoms with Gasteiger partial charge in [-0.05, 0) is 68.4 Å². The number of hydrogen-bond acceptors (Lipinski definition) is 3. The second-order valence-electron chi connectivity index (χ2n) is 6.00. The summed E-state index contributed by atoms with van der Waals surface area (Å²) in [6.07, 6.45) is 0. The first-order chi connectivity index (χ1) is 12.7. The molecule has 1 aromatic heterocycles. The smallest absolute Gasteiger partial charge is 0.266 e. The van der Waals surface area contributed by atoms with Crippen molar-refractivity contribution < 1.29 is 13.2 Å². The van der Waals surface area contributed by atoms with Crippen molar-refractivity contribution in [2.24, 2.45) is 0 Å². The van der Waals surface area contributed by atoms with E-state index < -0.39 is 15.9 Å². The Morgan fingerprint density at radius 1 is 1.00 bits per heavy atom. The molecule has 0 unspecified atom stereocenters. The summed E-state index contributed by atoms with van der Waals surface area (Å²) < 4.78 is 29.7. The molecule has 27 heavy (non-hydrogen) atoms. The number of rotatable bonds is 4. The molecule has 0 aliphatic rings. The van der Waals surface area contributed by atoms with E-state index in [2.05, 4.69) is 20.7 Å². The molecular formula is C19H16BrClN2O3S. The highest BCUT2D eigenvalue weighted by atomic mass is 79.9. The lowest BCUT2D eigenvalue weighted by molar-refractivity contribution is 0.0981. The maximum atomic E-state index is 12.6. The molecule has 3 aromatic rings. The summed E-state index contributed by atoms with van der Waals surface area (Å²) in [6, 6.07) is 14.8. The van der Waals surface area contributed by atoms with E-state index in [4.69, 9.17) is 11.6 Å². The molecule has 0 bridgehead atoms. The number of hydrogen-bond donors (Lipinski definition) is 1. The van der Waals surface area contributed by atoms with Crippen LogP contribution >= 0.6 is 27.5 Å². The molecule has 0 aliphatic heterocycles. The van der Waals surface area contributed by atoms with Crippen LogP contribution in [-0.2, 0) is 10.0 Å². The molecule has 0 spiro atoms. The van der Waals surface area contributed by atoms with Crippen LogP contribution in [0.1, 0.15) is 21.7 Å². The number of sulfonamides is 1. The third-order valence-corrected chi connectivity index (χ3v) is 6.28. The zero-order valence-corrected chi connectivity index (χ0v) is 17.7. The molecule has 1 amide bonds. The van der Waals surface area contributed by atoms with Crippen LogP contribution in [0.15, 0.2) is 64.0 Å². The molecule has 8 heteroatoms. The number of aryl methyl sites for hydroxylation is 2. The zero-order valence-electron chi connectivity index (χ0n) is 14.5. The Labute approximate surface area is 171 Å². The van der Waals surface area contributed by atoms with Gasteiger partial charge in [0.25, 0.3) is 15.9 Å². The molecule has 2 aromatic carbocycles. The highest BCUT2D eigenvalue weighted by Crippen LogP contribution is 2.24. The van der Waals surface area contributed by atoms with Gasteiger partial charge >= 0.3 is 0 Å². The van der Waals surface area contributed by atoms with E-state index in [1.807, 2.05) is 30.5 Å². The Bertz CT molecular complexity index is 1100. The van der Waals surface area contributed by atoms with E-state index in [0.29, 0.717) is 0 Å². The summed E-state index contributed by atoms with van der Waals surface area (Å²) in [4.78, 5) is 12.6. The molecule has 0 saturated heterocycles. The fourth-order valence-electron chi connectivity index (χ4n) is 2.75. The van der Waals surface area contributed by atoms with Crippen LogP contribution < -0.4 is 4.72 Å².